The van der Waals surface area contributed by atoms with Gasteiger partial charge in [-0.05, 0) is 65.1 Å². The quantitative estimate of drug-likeness (QED) is 0.168. The van der Waals surface area contributed by atoms with E-state index in [4.69, 9.17) is 11.6 Å². The molecule has 1 aliphatic heterocycles. The van der Waals surface area contributed by atoms with Gasteiger partial charge in [-0.3, -0.25) is 9.99 Å². The van der Waals surface area contributed by atoms with Crippen LogP contribution < -0.4 is 21.6 Å². The van der Waals surface area contributed by atoms with Crippen molar-refractivity contribution in [2.24, 2.45) is 0 Å². The summed E-state index contributed by atoms with van der Waals surface area (Å²) in [5.74, 6) is -0.303. The number of hydrazine groups is 2. The maximum atomic E-state index is 13.9. The Morgan fingerprint density at radius 3 is 2.63 bits per heavy atom. The lowest BCUT2D eigenvalue weighted by Gasteiger charge is -2.34. The van der Waals surface area contributed by atoms with Crippen molar-refractivity contribution in [3.63, 3.8) is 0 Å². The fraction of sp³-hybridized carbons (Fsp3) is 0.152. The van der Waals surface area contributed by atoms with Crippen LogP contribution in [0.4, 0.5) is 15.8 Å². The molecule has 0 saturated heterocycles. The average Bonchev–Trinajstić information content (AvgIpc) is 3.75. The molecule has 1 aromatic heterocycles. The standard InChI is InChI=1S/C33H28BClFN7/c34-33(24-7-9-25(36)10-8-24,30-19-43(42-41-30)27-11-12-27)40-26-14-28-31(23(16-37)18-39-32(28)29(35)15-26)38-17-20-5-6-21-3-1-2-4-22(21)13-20/h1-10,13-15,18-19,27,40-42H,11-12,17,34H2,(H,38,39). The zero-order chi connectivity index (χ0) is 29.6. The molecule has 43 heavy (non-hydrogen) atoms. The monoisotopic (exact) mass is 587 g/mol. The molecule has 0 amide bonds. The number of pyridine rings is 1. The second-order valence-corrected chi connectivity index (χ2v) is 11.6. The highest BCUT2D eigenvalue weighted by atomic mass is 35.5. The smallest absolute Gasteiger partial charge is 0.148 e. The maximum Gasteiger partial charge on any atom is 0.148 e. The molecule has 0 spiro atoms. The molecule has 7 rings (SSSR count). The molecule has 0 radical (unpaired) electrons. The third-order valence-corrected chi connectivity index (χ3v) is 8.50. The first kappa shape index (κ1) is 27.1. The summed E-state index contributed by atoms with van der Waals surface area (Å²) in [4.78, 5) is 4.52. The molecule has 212 valence electrons. The molecular formula is C33H28BClFN7. The number of anilines is 2. The van der Waals surface area contributed by atoms with Gasteiger partial charge in [0.1, 0.15) is 19.7 Å². The Morgan fingerprint density at radius 1 is 1.07 bits per heavy atom. The number of halogens is 2. The predicted octanol–water partition coefficient (Wildman–Crippen LogP) is 5.89. The Bertz CT molecular complexity index is 1940. The number of nitrogens with one attached hydrogen (secondary N) is 4. The molecule has 1 atom stereocenters. The minimum absolute atomic E-state index is 0.303. The summed E-state index contributed by atoms with van der Waals surface area (Å²) in [5.41, 5.74) is 11.0. The van der Waals surface area contributed by atoms with Crippen LogP contribution in [-0.2, 0) is 12.0 Å². The van der Waals surface area contributed by atoms with Gasteiger partial charge < -0.3 is 16.1 Å². The van der Waals surface area contributed by atoms with Gasteiger partial charge in [-0.2, -0.15) is 5.26 Å². The van der Waals surface area contributed by atoms with Crippen LogP contribution in [0.15, 0.2) is 97.0 Å². The number of aromatic nitrogens is 1. The van der Waals surface area contributed by atoms with Crippen molar-refractivity contribution < 1.29 is 4.39 Å². The Kier molecular flexibility index (Phi) is 6.81. The molecule has 7 nitrogen and oxygen atoms in total. The van der Waals surface area contributed by atoms with Crippen LogP contribution in [0.2, 0.25) is 5.02 Å². The molecule has 0 bridgehead atoms. The van der Waals surface area contributed by atoms with Crippen LogP contribution in [0.25, 0.3) is 21.7 Å². The topological polar surface area (TPSA) is 88.0 Å². The van der Waals surface area contributed by atoms with Gasteiger partial charge in [-0.25, -0.2) is 4.39 Å². The van der Waals surface area contributed by atoms with Gasteiger partial charge in [0.15, 0.2) is 0 Å². The predicted molar refractivity (Wildman–Crippen MR) is 172 cm³/mol. The highest BCUT2D eigenvalue weighted by Gasteiger charge is 2.38. The summed E-state index contributed by atoms with van der Waals surface area (Å²) in [6.07, 6.45) is 5.87. The van der Waals surface area contributed by atoms with E-state index in [0.29, 0.717) is 34.4 Å². The van der Waals surface area contributed by atoms with Crippen LogP contribution in [0.1, 0.15) is 29.5 Å². The minimum atomic E-state index is -0.777. The SMILES string of the molecule is BC(Nc1cc(Cl)c2ncc(C#N)c(NCc3ccc4ccccc4c3)c2c1)(C1=CN(C2CC2)NN1)c1ccc(F)cc1. The Balaban J connectivity index is 1.27. The zero-order valence-corrected chi connectivity index (χ0v) is 24.2. The van der Waals surface area contributed by atoms with Gasteiger partial charge in [0.25, 0.3) is 0 Å². The van der Waals surface area contributed by atoms with Crippen molar-refractivity contribution >= 4 is 52.5 Å². The summed E-state index contributed by atoms with van der Waals surface area (Å²) >= 11 is 6.83. The molecule has 5 aromatic rings. The number of rotatable bonds is 8. The van der Waals surface area contributed by atoms with E-state index in [9.17, 15) is 9.65 Å². The van der Waals surface area contributed by atoms with E-state index >= 15 is 0 Å². The first-order valence-corrected chi connectivity index (χ1v) is 14.6. The Hall–Kier alpha value is -4.78. The highest BCUT2D eigenvalue weighted by Crippen LogP contribution is 2.38. The summed E-state index contributed by atoms with van der Waals surface area (Å²) in [6.45, 7) is 0.515. The first-order valence-electron chi connectivity index (χ1n) is 14.2. The van der Waals surface area contributed by atoms with Gasteiger partial charge in [0.2, 0.25) is 0 Å². The number of nitrogens with zero attached hydrogens (tertiary/aromatic N) is 3. The fourth-order valence-electron chi connectivity index (χ4n) is 5.64. The van der Waals surface area contributed by atoms with E-state index in [2.05, 4.69) is 74.2 Å². The van der Waals surface area contributed by atoms with Crippen molar-refractivity contribution in [1.29, 1.82) is 5.26 Å². The zero-order valence-electron chi connectivity index (χ0n) is 23.5. The molecule has 1 unspecified atom stereocenters. The van der Waals surface area contributed by atoms with Crippen LogP contribution >= 0.6 is 11.6 Å². The maximum absolute atomic E-state index is 13.9. The van der Waals surface area contributed by atoms with E-state index in [1.807, 2.05) is 32.1 Å². The van der Waals surface area contributed by atoms with E-state index in [1.54, 1.807) is 18.3 Å². The van der Waals surface area contributed by atoms with E-state index in [-0.39, 0.29) is 5.82 Å². The van der Waals surface area contributed by atoms with Gasteiger partial charge in [-0.1, -0.05) is 60.1 Å². The number of fused-ring (bicyclic) bond motifs is 2. The molecular weight excluding hydrogens is 560 g/mol. The molecule has 1 saturated carbocycles. The van der Waals surface area contributed by atoms with Crippen molar-refractivity contribution in [3.05, 3.63) is 124 Å². The molecule has 10 heteroatoms. The molecule has 1 aliphatic carbocycles. The van der Waals surface area contributed by atoms with E-state index in [1.165, 1.54) is 17.5 Å². The second-order valence-electron chi connectivity index (χ2n) is 11.2. The number of hydrogen-bond donors (Lipinski definition) is 4. The lowest BCUT2D eigenvalue weighted by atomic mass is 9.69. The molecule has 1 fully saturated rings. The van der Waals surface area contributed by atoms with Crippen LogP contribution in [0.3, 0.4) is 0 Å². The molecule has 4 N–H and O–H groups in total. The first-order chi connectivity index (χ1) is 20.9. The van der Waals surface area contributed by atoms with Crippen molar-refractivity contribution in [3.8, 4) is 6.07 Å². The summed E-state index contributed by atoms with van der Waals surface area (Å²) in [7, 11) is 2.04. The average molecular weight is 588 g/mol. The van der Waals surface area contributed by atoms with E-state index in [0.717, 1.165) is 46.1 Å². The van der Waals surface area contributed by atoms with Crippen LogP contribution in [0.5, 0.6) is 0 Å². The molecule has 2 aliphatic rings. The largest absolute Gasteiger partial charge is 0.379 e. The number of nitriles is 1. The lowest BCUT2D eigenvalue weighted by Crippen LogP contribution is -2.45. The van der Waals surface area contributed by atoms with Gasteiger partial charge in [0, 0.05) is 36.1 Å². The normalized spacial score (nSPS) is 15.9. The third kappa shape index (κ3) is 5.20. The van der Waals surface area contributed by atoms with Crippen molar-refractivity contribution in [2.45, 2.75) is 30.9 Å². The molecule has 4 aromatic carbocycles. The van der Waals surface area contributed by atoms with Gasteiger partial charge in [0.05, 0.1) is 32.9 Å². The van der Waals surface area contributed by atoms with Crippen LogP contribution in [-0.4, -0.2) is 23.9 Å². The summed E-state index contributed by atoms with van der Waals surface area (Å²) in [6, 6.07) is 27.6. The highest BCUT2D eigenvalue weighted by molar-refractivity contribution is 6.36. The summed E-state index contributed by atoms with van der Waals surface area (Å²) < 4.78 is 13.9. The number of hydrogen-bond acceptors (Lipinski definition) is 7. The second kappa shape index (κ2) is 10.8. The van der Waals surface area contributed by atoms with Crippen molar-refractivity contribution in [1.82, 2.24) is 21.0 Å². The number of benzene rings is 4. The Labute approximate surface area is 254 Å². The van der Waals surface area contributed by atoms with E-state index < -0.39 is 5.44 Å². The lowest BCUT2D eigenvalue weighted by molar-refractivity contribution is 0.260. The van der Waals surface area contributed by atoms with Gasteiger partial charge >= 0.3 is 0 Å². The van der Waals surface area contributed by atoms with Crippen LogP contribution in [0, 0.1) is 17.1 Å². The van der Waals surface area contributed by atoms with Gasteiger partial charge in [-0.15, -0.1) is 5.53 Å². The third-order valence-electron chi connectivity index (χ3n) is 8.21. The Morgan fingerprint density at radius 2 is 1.86 bits per heavy atom. The minimum Gasteiger partial charge on any atom is -0.379 e. The summed E-state index contributed by atoms with van der Waals surface area (Å²) in [5, 5.41) is 22.7. The van der Waals surface area contributed by atoms with Crippen molar-refractivity contribution in [2.75, 3.05) is 10.6 Å². The fourth-order valence-corrected chi connectivity index (χ4v) is 5.91. The molecule has 2 heterocycles.